The van der Waals surface area contributed by atoms with Gasteiger partial charge in [-0.2, -0.15) is 5.10 Å². The molecule has 0 bridgehead atoms. The van der Waals surface area contributed by atoms with Crippen LogP contribution in [0.25, 0.3) is 11.3 Å². The topological polar surface area (TPSA) is 83.8 Å². The summed E-state index contributed by atoms with van der Waals surface area (Å²) in [5.41, 5.74) is 8.07. The summed E-state index contributed by atoms with van der Waals surface area (Å²) >= 11 is 3.49. The van der Waals surface area contributed by atoms with Crippen LogP contribution in [-0.4, -0.2) is 28.2 Å². The van der Waals surface area contributed by atoms with Gasteiger partial charge in [-0.3, -0.25) is 9.89 Å². The highest BCUT2D eigenvalue weighted by Gasteiger charge is 2.23. The average Bonchev–Trinajstić information content (AvgIpc) is 2.92. The van der Waals surface area contributed by atoms with Gasteiger partial charge in [0.15, 0.2) is 0 Å². The van der Waals surface area contributed by atoms with Crippen molar-refractivity contribution >= 4 is 34.2 Å². The van der Waals surface area contributed by atoms with Crippen LogP contribution < -0.4 is 11.1 Å². The highest BCUT2D eigenvalue weighted by Crippen LogP contribution is 2.29. The first-order valence-corrected chi connectivity index (χ1v) is 8.30. The van der Waals surface area contributed by atoms with Gasteiger partial charge < -0.3 is 11.1 Å². The maximum atomic E-state index is 12.4. The number of H-pyrrole nitrogens is 1. The Kier molecular flexibility index (Phi) is 6.21. The molecule has 124 valence electrons. The highest BCUT2D eigenvalue weighted by molar-refractivity contribution is 9.10. The second kappa shape index (κ2) is 7.95. The number of aromatic amines is 1. The Morgan fingerprint density at radius 1 is 1.22 bits per heavy atom. The quantitative estimate of drug-likeness (QED) is 0.740. The van der Waals surface area contributed by atoms with Gasteiger partial charge in [-0.15, -0.1) is 12.4 Å². The molecular weight excluding hydrogens is 380 g/mol. The van der Waals surface area contributed by atoms with Crippen LogP contribution in [0.1, 0.15) is 36.2 Å². The minimum absolute atomic E-state index is 0. The summed E-state index contributed by atoms with van der Waals surface area (Å²) in [5, 5.41) is 10.2. The summed E-state index contributed by atoms with van der Waals surface area (Å²) in [6.07, 6.45) is 3.79. The van der Waals surface area contributed by atoms with Crippen LogP contribution in [0.5, 0.6) is 0 Å². The lowest BCUT2D eigenvalue weighted by Crippen LogP contribution is -2.40. The van der Waals surface area contributed by atoms with Crippen molar-refractivity contribution in [1.82, 2.24) is 15.5 Å². The van der Waals surface area contributed by atoms with Crippen molar-refractivity contribution in [3.05, 3.63) is 40.5 Å². The van der Waals surface area contributed by atoms with Crippen LogP contribution in [0.3, 0.4) is 0 Å². The molecule has 2 aromatic rings. The fourth-order valence-electron chi connectivity index (χ4n) is 2.79. The summed E-state index contributed by atoms with van der Waals surface area (Å²) in [6, 6.07) is 10.2. The highest BCUT2D eigenvalue weighted by atomic mass is 79.9. The predicted octanol–water partition coefficient (Wildman–Crippen LogP) is 3.26. The summed E-state index contributed by atoms with van der Waals surface area (Å²) in [4.78, 5) is 12.4. The van der Waals surface area contributed by atoms with Crippen molar-refractivity contribution in [2.75, 3.05) is 0 Å². The number of amides is 1. The molecule has 1 fully saturated rings. The zero-order valence-electron chi connectivity index (χ0n) is 12.6. The van der Waals surface area contributed by atoms with Gasteiger partial charge in [0.25, 0.3) is 5.91 Å². The lowest BCUT2D eigenvalue weighted by molar-refractivity contribution is 0.0920. The van der Waals surface area contributed by atoms with E-state index in [2.05, 4.69) is 31.4 Å². The van der Waals surface area contributed by atoms with Gasteiger partial charge in [0.1, 0.15) is 11.4 Å². The Morgan fingerprint density at radius 2 is 1.87 bits per heavy atom. The number of rotatable bonds is 3. The largest absolute Gasteiger partial charge is 0.348 e. The molecule has 0 aliphatic heterocycles. The fraction of sp³-hybridized carbons (Fsp3) is 0.375. The minimum Gasteiger partial charge on any atom is -0.348 e. The molecule has 1 aromatic heterocycles. The molecule has 3 rings (SSSR count). The molecule has 0 unspecified atom stereocenters. The Balaban J connectivity index is 0.00000192. The van der Waals surface area contributed by atoms with Crippen molar-refractivity contribution in [2.45, 2.75) is 37.8 Å². The number of hydrogen-bond donors (Lipinski definition) is 3. The number of benzene rings is 1. The van der Waals surface area contributed by atoms with Crippen molar-refractivity contribution in [3.8, 4) is 11.3 Å². The molecule has 0 radical (unpaired) electrons. The number of halogens is 2. The second-order valence-electron chi connectivity index (χ2n) is 5.71. The molecule has 1 aliphatic carbocycles. The van der Waals surface area contributed by atoms with Gasteiger partial charge in [-0.1, -0.05) is 30.3 Å². The summed E-state index contributed by atoms with van der Waals surface area (Å²) in [5.74, 6) is -0.123. The molecule has 1 amide bonds. The minimum atomic E-state index is -0.123. The Labute approximate surface area is 150 Å². The smallest absolute Gasteiger partial charge is 0.270 e. The predicted molar refractivity (Wildman–Crippen MR) is 96.7 cm³/mol. The average molecular weight is 400 g/mol. The van der Waals surface area contributed by atoms with E-state index in [0.29, 0.717) is 10.2 Å². The van der Waals surface area contributed by atoms with Gasteiger partial charge in [0.2, 0.25) is 0 Å². The van der Waals surface area contributed by atoms with Crippen LogP contribution in [0, 0.1) is 0 Å². The van der Waals surface area contributed by atoms with Crippen LogP contribution in [0.15, 0.2) is 34.8 Å². The van der Waals surface area contributed by atoms with E-state index in [0.717, 1.165) is 36.9 Å². The van der Waals surface area contributed by atoms with Gasteiger partial charge in [0.05, 0.1) is 4.47 Å². The summed E-state index contributed by atoms with van der Waals surface area (Å²) in [6.45, 7) is 0. The molecule has 0 saturated heterocycles. The molecule has 0 atom stereocenters. The number of nitrogens with two attached hydrogens (primary N) is 1. The third-order valence-corrected chi connectivity index (χ3v) is 4.86. The number of carbonyl (C=O) groups excluding carboxylic acids is 1. The first kappa shape index (κ1) is 18.0. The number of hydrogen-bond acceptors (Lipinski definition) is 3. The molecule has 4 N–H and O–H groups in total. The van der Waals surface area contributed by atoms with E-state index in [1.165, 1.54) is 0 Å². The van der Waals surface area contributed by atoms with Crippen molar-refractivity contribution < 1.29 is 4.79 Å². The number of nitrogens with one attached hydrogen (secondary N) is 2. The van der Waals surface area contributed by atoms with Gasteiger partial charge in [0, 0.05) is 17.6 Å². The van der Waals surface area contributed by atoms with Crippen molar-refractivity contribution in [1.29, 1.82) is 0 Å². The zero-order valence-corrected chi connectivity index (χ0v) is 15.0. The third kappa shape index (κ3) is 4.13. The molecule has 5 nitrogen and oxygen atoms in total. The molecule has 1 aromatic carbocycles. The van der Waals surface area contributed by atoms with E-state index in [1.54, 1.807) is 0 Å². The Bertz CT molecular complexity index is 653. The Morgan fingerprint density at radius 3 is 2.52 bits per heavy atom. The molecule has 1 saturated carbocycles. The van der Waals surface area contributed by atoms with Crippen molar-refractivity contribution in [3.63, 3.8) is 0 Å². The molecule has 1 aliphatic rings. The zero-order chi connectivity index (χ0) is 15.5. The number of aromatic nitrogens is 2. The maximum absolute atomic E-state index is 12.4. The van der Waals surface area contributed by atoms with Crippen LogP contribution >= 0.6 is 28.3 Å². The summed E-state index contributed by atoms with van der Waals surface area (Å²) < 4.78 is 0.698. The Hall–Kier alpha value is -1.37. The van der Waals surface area contributed by atoms with Gasteiger partial charge >= 0.3 is 0 Å². The first-order chi connectivity index (χ1) is 10.6. The van der Waals surface area contributed by atoms with Crippen LogP contribution in [0.2, 0.25) is 0 Å². The van der Waals surface area contributed by atoms with E-state index in [-0.39, 0.29) is 30.4 Å². The molecular formula is C16H20BrClN4O. The summed E-state index contributed by atoms with van der Waals surface area (Å²) in [7, 11) is 0. The van der Waals surface area contributed by atoms with Gasteiger partial charge in [-0.25, -0.2) is 0 Å². The fourth-order valence-corrected chi connectivity index (χ4v) is 3.37. The second-order valence-corrected chi connectivity index (χ2v) is 6.51. The number of nitrogens with zero attached hydrogens (tertiary/aromatic N) is 1. The molecule has 7 heteroatoms. The van der Waals surface area contributed by atoms with E-state index >= 15 is 0 Å². The first-order valence-electron chi connectivity index (χ1n) is 7.51. The molecule has 23 heavy (non-hydrogen) atoms. The third-order valence-electron chi connectivity index (χ3n) is 4.09. The van der Waals surface area contributed by atoms with E-state index < -0.39 is 0 Å². The van der Waals surface area contributed by atoms with Crippen LogP contribution in [0.4, 0.5) is 0 Å². The molecule has 0 spiro atoms. The van der Waals surface area contributed by atoms with Crippen LogP contribution in [-0.2, 0) is 0 Å². The lowest BCUT2D eigenvalue weighted by Gasteiger charge is -2.26. The lowest BCUT2D eigenvalue weighted by atomic mass is 9.92. The number of carbonyl (C=O) groups is 1. The SMILES string of the molecule is Cl.NC1CCC(NC(=O)c2[nH]nc(-c3ccccc3)c2Br)CC1. The van der Waals surface area contributed by atoms with E-state index in [4.69, 9.17) is 5.73 Å². The standard InChI is InChI=1S/C16H19BrN4O.ClH/c17-13-14(10-4-2-1-3-5-10)20-21-15(13)16(22)19-12-8-6-11(18)7-9-12;/h1-5,11-12H,6-9,18H2,(H,19,22)(H,20,21);1H. The maximum Gasteiger partial charge on any atom is 0.270 e. The monoisotopic (exact) mass is 398 g/mol. The normalized spacial score (nSPS) is 20.6. The van der Waals surface area contributed by atoms with E-state index in [1.807, 2.05) is 30.3 Å². The van der Waals surface area contributed by atoms with Gasteiger partial charge in [-0.05, 0) is 41.6 Å². The molecule has 1 heterocycles. The van der Waals surface area contributed by atoms with E-state index in [9.17, 15) is 4.79 Å². The van der Waals surface area contributed by atoms with Crippen molar-refractivity contribution in [2.24, 2.45) is 5.73 Å².